The Kier molecular flexibility index (Phi) is 9.70. The lowest BCUT2D eigenvalue weighted by Crippen LogP contribution is -2.49. The molecule has 0 unspecified atom stereocenters. The predicted molar refractivity (Wildman–Crippen MR) is 129 cm³/mol. The minimum atomic E-state index is -0.561. The molecule has 190 valence electrons. The zero-order chi connectivity index (χ0) is 25.5. The molecule has 0 spiro atoms. The van der Waals surface area contributed by atoms with Crippen LogP contribution in [0, 0.1) is 11.8 Å². The largest absolute Gasteiger partial charge is 0.466 e. The number of hydrogen-bond acceptors (Lipinski definition) is 6. The van der Waals surface area contributed by atoms with Crippen LogP contribution in [0.2, 0.25) is 0 Å². The highest BCUT2D eigenvalue weighted by molar-refractivity contribution is 5.84. The number of carbonyl (C=O) groups excluding carboxylic acids is 3. The summed E-state index contributed by atoms with van der Waals surface area (Å²) in [5.41, 5.74) is -0.157. The summed E-state index contributed by atoms with van der Waals surface area (Å²) in [5, 5.41) is 1.28. The number of ether oxygens (including phenoxy) is 2. The average Bonchev–Trinajstić information content (AvgIpc) is 2.76. The molecule has 2 heterocycles. The van der Waals surface area contributed by atoms with Crippen LogP contribution in [0.25, 0.3) is 0 Å². The molecule has 1 aliphatic rings. The maximum absolute atomic E-state index is 13.1. The molecule has 1 aromatic heterocycles. The van der Waals surface area contributed by atoms with E-state index < -0.39 is 17.5 Å². The molecule has 1 fully saturated rings. The monoisotopic (exact) mass is 477 g/mol. The second-order valence-corrected chi connectivity index (χ2v) is 9.89. The van der Waals surface area contributed by atoms with Crippen molar-refractivity contribution < 1.29 is 23.9 Å². The molecule has 1 atom stereocenters. The molecule has 9 heteroatoms. The van der Waals surface area contributed by atoms with Crippen molar-refractivity contribution >= 4 is 18.0 Å². The number of amides is 2. The average molecular weight is 478 g/mol. The van der Waals surface area contributed by atoms with Crippen molar-refractivity contribution in [1.82, 2.24) is 9.58 Å². The van der Waals surface area contributed by atoms with Crippen LogP contribution in [0.1, 0.15) is 66.4 Å². The van der Waals surface area contributed by atoms with Gasteiger partial charge >= 0.3 is 12.1 Å². The van der Waals surface area contributed by atoms with Gasteiger partial charge in [0, 0.05) is 31.8 Å². The molecule has 1 saturated heterocycles. The third-order valence-electron chi connectivity index (χ3n) is 5.85. The molecule has 2 amide bonds. The number of nitrogens with zero attached hydrogens (tertiary/aromatic N) is 3. The molecule has 34 heavy (non-hydrogen) atoms. The number of pyridine rings is 1. The fraction of sp³-hybridized carbons (Fsp3) is 0.680. The highest BCUT2D eigenvalue weighted by atomic mass is 16.6. The Morgan fingerprint density at radius 1 is 1.21 bits per heavy atom. The van der Waals surface area contributed by atoms with Crippen molar-refractivity contribution in [3.8, 4) is 0 Å². The van der Waals surface area contributed by atoms with E-state index in [9.17, 15) is 19.2 Å². The minimum Gasteiger partial charge on any atom is -0.466 e. The Morgan fingerprint density at radius 3 is 2.41 bits per heavy atom. The van der Waals surface area contributed by atoms with E-state index in [0.717, 1.165) is 19.3 Å². The summed E-state index contributed by atoms with van der Waals surface area (Å²) in [6, 6.07) is 3.52. The van der Waals surface area contributed by atoms with Gasteiger partial charge in [0.1, 0.15) is 5.60 Å². The molecule has 1 aromatic rings. The first kappa shape index (κ1) is 27.4. The van der Waals surface area contributed by atoms with Gasteiger partial charge in [0.15, 0.2) is 0 Å². The summed E-state index contributed by atoms with van der Waals surface area (Å²) in [6.07, 6.45) is 4.38. The highest BCUT2D eigenvalue weighted by Crippen LogP contribution is 2.23. The van der Waals surface area contributed by atoms with E-state index in [4.69, 9.17) is 9.47 Å². The van der Waals surface area contributed by atoms with Gasteiger partial charge in [-0.2, -0.15) is 0 Å². The van der Waals surface area contributed by atoms with Gasteiger partial charge in [-0.25, -0.2) is 14.5 Å². The summed E-state index contributed by atoms with van der Waals surface area (Å²) < 4.78 is 11.8. The summed E-state index contributed by atoms with van der Waals surface area (Å²) >= 11 is 0. The zero-order valence-corrected chi connectivity index (χ0v) is 21.3. The topological polar surface area (TPSA) is 98.2 Å². The van der Waals surface area contributed by atoms with Gasteiger partial charge in [-0.3, -0.25) is 14.4 Å². The smallest absolute Gasteiger partial charge is 0.410 e. The van der Waals surface area contributed by atoms with Crippen molar-refractivity contribution in [1.29, 1.82) is 0 Å². The van der Waals surface area contributed by atoms with Crippen molar-refractivity contribution in [2.45, 2.75) is 72.8 Å². The molecular weight excluding hydrogens is 438 g/mol. The number of carbonyl (C=O) groups is 3. The third-order valence-corrected chi connectivity index (χ3v) is 5.85. The lowest BCUT2D eigenvalue weighted by Gasteiger charge is -2.33. The van der Waals surface area contributed by atoms with Gasteiger partial charge in [0.25, 0.3) is 5.56 Å². The molecule has 0 aliphatic carbocycles. The molecule has 0 bridgehead atoms. The van der Waals surface area contributed by atoms with Gasteiger partial charge in [-0.05, 0) is 65.4 Å². The SMILES string of the molecule is CCOC(=O)[C@H](C)CN(C(C)=O)n1cccc(CCC2CCN(C(=O)OC(C)(C)C)CC2)c1=O. The Morgan fingerprint density at radius 2 is 1.85 bits per heavy atom. The summed E-state index contributed by atoms with van der Waals surface area (Å²) in [4.78, 5) is 51.4. The lowest BCUT2D eigenvalue weighted by atomic mass is 9.91. The van der Waals surface area contributed by atoms with Gasteiger partial charge in [0.05, 0.1) is 19.1 Å². The molecule has 0 radical (unpaired) electrons. The fourth-order valence-corrected chi connectivity index (χ4v) is 3.98. The van der Waals surface area contributed by atoms with Crippen LogP contribution in [0.3, 0.4) is 0 Å². The Hall–Kier alpha value is -2.84. The van der Waals surface area contributed by atoms with E-state index in [2.05, 4.69) is 0 Å². The maximum Gasteiger partial charge on any atom is 0.410 e. The first-order valence-corrected chi connectivity index (χ1v) is 12.1. The van der Waals surface area contributed by atoms with Crippen molar-refractivity contribution in [2.75, 3.05) is 31.3 Å². The number of aryl methyl sites for hydroxylation is 1. The number of hydrogen-bond donors (Lipinski definition) is 0. The second kappa shape index (κ2) is 12.0. The van der Waals surface area contributed by atoms with E-state index in [1.54, 1.807) is 37.1 Å². The summed E-state index contributed by atoms with van der Waals surface area (Å²) in [7, 11) is 0. The van der Waals surface area contributed by atoms with Crippen LogP contribution in [0.5, 0.6) is 0 Å². The number of piperidine rings is 1. The van der Waals surface area contributed by atoms with Crippen LogP contribution < -0.4 is 10.6 Å². The van der Waals surface area contributed by atoms with Crippen molar-refractivity contribution in [2.24, 2.45) is 11.8 Å². The molecule has 0 aromatic carbocycles. The van der Waals surface area contributed by atoms with Crippen LogP contribution in [0.15, 0.2) is 23.1 Å². The van der Waals surface area contributed by atoms with E-state index in [1.165, 1.54) is 16.6 Å². The predicted octanol–water partition coefficient (Wildman–Crippen LogP) is 3.11. The van der Waals surface area contributed by atoms with Gasteiger partial charge in [-0.15, -0.1) is 0 Å². The van der Waals surface area contributed by atoms with Crippen LogP contribution >= 0.6 is 0 Å². The molecule has 0 saturated carbocycles. The lowest BCUT2D eigenvalue weighted by molar-refractivity contribution is -0.147. The zero-order valence-electron chi connectivity index (χ0n) is 21.3. The minimum absolute atomic E-state index is 0.0562. The molecule has 2 rings (SSSR count). The standard InChI is InChI=1S/C25H39N3O6/c1-7-33-23(31)18(2)17-28(19(3)29)27-14-8-9-21(22(27)30)11-10-20-12-15-26(16-13-20)24(32)34-25(4,5)6/h8-9,14,18,20H,7,10-13,15-17H2,1-6H3/t18-/m1/s1. The normalized spacial score (nSPS) is 15.5. The Labute approximate surface area is 202 Å². The Bertz CT molecular complexity index is 912. The van der Waals surface area contributed by atoms with Gasteiger partial charge in [-0.1, -0.05) is 13.0 Å². The van der Waals surface area contributed by atoms with Crippen LogP contribution in [-0.2, 0) is 25.5 Å². The first-order chi connectivity index (χ1) is 15.9. The van der Waals surface area contributed by atoms with Crippen LogP contribution in [-0.4, -0.2) is 59.4 Å². The highest BCUT2D eigenvalue weighted by Gasteiger charge is 2.27. The van der Waals surface area contributed by atoms with Gasteiger partial charge < -0.3 is 14.4 Å². The Balaban J connectivity index is 1.99. The maximum atomic E-state index is 13.1. The third kappa shape index (κ3) is 7.88. The molecular formula is C25H39N3O6. The molecule has 0 N–H and O–H groups in total. The van der Waals surface area contributed by atoms with E-state index in [1.807, 2.05) is 20.8 Å². The van der Waals surface area contributed by atoms with Gasteiger partial charge in [0.2, 0.25) is 5.91 Å². The second-order valence-electron chi connectivity index (χ2n) is 9.89. The first-order valence-electron chi connectivity index (χ1n) is 12.1. The fourth-order valence-electron chi connectivity index (χ4n) is 3.98. The van der Waals surface area contributed by atoms with Crippen molar-refractivity contribution in [3.63, 3.8) is 0 Å². The van der Waals surface area contributed by atoms with E-state index in [0.29, 0.717) is 31.0 Å². The number of esters is 1. The molecule has 9 nitrogen and oxygen atoms in total. The number of likely N-dealkylation sites (tertiary alicyclic amines) is 1. The summed E-state index contributed by atoms with van der Waals surface area (Å²) in [5.74, 6) is -0.894. The molecule has 1 aliphatic heterocycles. The van der Waals surface area contributed by atoms with Crippen molar-refractivity contribution in [3.05, 3.63) is 34.2 Å². The van der Waals surface area contributed by atoms with E-state index >= 15 is 0 Å². The number of rotatable bonds is 8. The quantitative estimate of drug-likeness (QED) is 0.534. The number of aromatic nitrogens is 1. The van der Waals surface area contributed by atoms with E-state index in [-0.39, 0.29) is 30.7 Å². The van der Waals surface area contributed by atoms with Crippen LogP contribution in [0.4, 0.5) is 4.79 Å². The summed E-state index contributed by atoms with van der Waals surface area (Å²) in [6.45, 7) is 11.9.